The maximum absolute atomic E-state index is 12.4. The molecule has 106 valence electrons. The van der Waals surface area contributed by atoms with Crippen LogP contribution in [0.4, 0.5) is 0 Å². The van der Waals surface area contributed by atoms with Gasteiger partial charge < -0.3 is 10.2 Å². The standard InChI is InChI=1S/C16H21N3O/c1-12-4-3-9-18-15(12)16(20)19(2)11-14-7-5-13(10-17)6-8-14/h5-8,12,15,18H,3-4,9,11H2,1-2H3. The topological polar surface area (TPSA) is 56.1 Å². The number of rotatable bonds is 3. The van der Waals surface area contributed by atoms with Crippen molar-refractivity contribution >= 4 is 5.91 Å². The van der Waals surface area contributed by atoms with Gasteiger partial charge in [0.25, 0.3) is 0 Å². The summed E-state index contributed by atoms with van der Waals surface area (Å²) >= 11 is 0. The molecule has 2 rings (SSSR count). The average molecular weight is 271 g/mol. The fraction of sp³-hybridized carbons (Fsp3) is 0.500. The Bertz CT molecular complexity index is 503. The van der Waals surface area contributed by atoms with E-state index in [0.717, 1.165) is 24.9 Å². The molecule has 0 spiro atoms. The first-order valence-electron chi connectivity index (χ1n) is 7.09. The molecular formula is C16H21N3O. The Morgan fingerprint density at radius 3 is 2.75 bits per heavy atom. The fourth-order valence-electron chi connectivity index (χ4n) is 2.65. The van der Waals surface area contributed by atoms with Crippen LogP contribution in [0, 0.1) is 17.2 Å². The van der Waals surface area contributed by atoms with Crippen LogP contribution in [-0.4, -0.2) is 30.4 Å². The summed E-state index contributed by atoms with van der Waals surface area (Å²) < 4.78 is 0. The van der Waals surface area contributed by atoms with Crippen molar-refractivity contribution in [1.82, 2.24) is 10.2 Å². The van der Waals surface area contributed by atoms with Gasteiger partial charge in [0, 0.05) is 13.6 Å². The van der Waals surface area contributed by atoms with E-state index in [1.807, 2.05) is 19.2 Å². The Balaban J connectivity index is 1.98. The molecule has 4 nitrogen and oxygen atoms in total. The van der Waals surface area contributed by atoms with E-state index in [1.165, 1.54) is 0 Å². The minimum Gasteiger partial charge on any atom is -0.340 e. The van der Waals surface area contributed by atoms with Gasteiger partial charge in [-0.25, -0.2) is 0 Å². The van der Waals surface area contributed by atoms with E-state index in [0.29, 0.717) is 18.0 Å². The number of hydrogen-bond donors (Lipinski definition) is 1. The number of nitrogens with zero attached hydrogens (tertiary/aromatic N) is 2. The van der Waals surface area contributed by atoms with Gasteiger partial charge in [-0.15, -0.1) is 0 Å². The highest BCUT2D eigenvalue weighted by Gasteiger charge is 2.29. The summed E-state index contributed by atoms with van der Waals surface area (Å²) in [7, 11) is 1.84. The molecule has 0 aliphatic carbocycles. The predicted molar refractivity (Wildman–Crippen MR) is 77.8 cm³/mol. The van der Waals surface area contributed by atoms with Crippen LogP contribution in [-0.2, 0) is 11.3 Å². The van der Waals surface area contributed by atoms with Crippen molar-refractivity contribution in [3.8, 4) is 6.07 Å². The van der Waals surface area contributed by atoms with Gasteiger partial charge in [0.1, 0.15) is 0 Å². The lowest BCUT2D eigenvalue weighted by Crippen LogP contribution is -2.51. The molecule has 1 aromatic rings. The van der Waals surface area contributed by atoms with Crippen LogP contribution < -0.4 is 5.32 Å². The lowest BCUT2D eigenvalue weighted by molar-refractivity contribution is -0.134. The van der Waals surface area contributed by atoms with Gasteiger partial charge in [-0.3, -0.25) is 4.79 Å². The summed E-state index contributed by atoms with van der Waals surface area (Å²) in [4.78, 5) is 14.2. The lowest BCUT2D eigenvalue weighted by atomic mass is 9.92. The van der Waals surface area contributed by atoms with Crippen LogP contribution in [0.2, 0.25) is 0 Å². The van der Waals surface area contributed by atoms with Gasteiger partial charge in [-0.2, -0.15) is 5.26 Å². The Morgan fingerprint density at radius 1 is 1.45 bits per heavy atom. The second kappa shape index (κ2) is 6.53. The predicted octanol–water partition coefficient (Wildman–Crippen LogP) is 1.90. The quantitative estimate of drug-likeness (QED) is 0.913. The second-order valence-electron chi connectivity index (χ2n) is 5.55. The highest BCUT2D eigenvalue weighted by molar-refractivity contribution is 5.82. The molecule has 0 aromatic heterocycles. The highest BCUT2D eigenvalue weighted by Crippen LogP contribution is 2.18. The van der Waals surface area contributed by atoms with Gasteiger partial charge in [-0.1, -0.05) is 19.1 Å². The minimum atomic E-state index is -0.0628. The molecule has 1 N–H and O–H groups in total. The maximum Gasteiger partial charge on any atom is 0.240 e. The first-order chi connectivity index (χ1) is 9.61. The third-order valence-corrected chi connectivity index (χ3v) is 3.91. The van der Waals surface area contributed by atoms with Crippen LogP contribution in [0.1, 0.15) is 30.9 Å². The normalized spacial score (nSPS) is 22.1. The molecule has 2 atom stereocenters. The molecule has 4 heteroatoms. The molecule has 1 aliphatic heterocycles. The largest absolute Gasteiger partial charge is 0.340 e. The number of carbonyl (C=O) groups excluding carboxylic acids is 1. The molecule has 1 fully saturated rings. The summed E-state index contributed by atoms with van der Waals surface area (Å²) in [5.41, 5.74) is 1.69. The number of nitrogens with one attached hydrogen (secondary N) is 1. The van der Waals surface area contributed by atoms with Crippen molar-refractivity contribution in [3.05, 3.63) is 35.4 Å². The Labute approximate surface area is 120 Å². The average Bonchev–Trinajstić information content (AvgIpc) is 2.48. The zero-order valence-corrected chi connectivity index (χ0v) is 12.1. The SMILES string of the molecule is CC1CCCNC1C(=O)N(C)Cc1ccc(C#N)cc1. The first kappa shape index (κ1) is 14.5. The van der Waals surface area contributed by atoms with E-state index >= 15 is 0 Å². The summed E-state index contributed by atoms with van der Waals surface area (Å²) in [6, 6.07) is 9.41. The van der Waals surface area contributed by atoms with E-state index in [9.17, 15) is 4.79 Å². The number of nitriles is 1. The van der Waals surface area contributed by atoms with Crippen molar-refractivity contribution in [2.45, 2.75) is 32.4 Å². The van der Waals surface area contributed by atoms with E-state index in [2.05, 4.69) is 18.3 Å². The second-order valence-corrected chi connectivity index (χ2v) is 5.55. The van der Waals surface area contributed by atoms with Crippen LogP contribution in [0.15, 0.2) is 24.3 Å². The van der Waals surface area contributed by atoms with Crippen LogP contribution in [0.25, 0.3) is 0 Å². The van der Waals surface area contributed by atoms with Crippen LogP contribution in [0.5, 0.6) is 0 Å². The zero-order valence-electron chi connectivity index (χ0n) is 12.1. The third kappa shape index (κ3) is 3.37. The number of amides is 1. The van der Waals surface area contributed by atoms with Crippen molar-refractivity contribution < 1.29 is 4.79 Å². The molecule has 1 saturated heterocycles. The van der Waals surface area contributed by atoms with Gasteiger partial charge >= 0.3 is 0 Å². The van der Waals surface area contributed by atoms with E-state index in [4.69, 9.17) is 5.26 Å². The molecular weight excluding hydrogens is 250 g/mol. The molecule has 0 saturated carbocycles. The van der Waals surface area contributed by atoms with Gasteiger partial charge in [-0.05, 0) is 43.0 Å². The van der Waals surface area contributed by atoms with Crippen molar-refractivity contribution in [2.75, 3.05) is 13.6 Å². The molecule has 1 aliphatic rings. The van der Waals surface area contributed by atoms with Gasteiger partial charge in [0.15, 0.2) is 0 Å². The number of likely N-dealkylation sites (N-methyl/N-ethyl adjacent to an activating group) is 1. The van der Waals surface area contributed by atoms with Crippen LogP contribution in [0.3, 0.4) is 0 Å². The van der Waals surface area contributed by atoms with E-state index in [1.54, 1.807) is 17.0 Å². The summed E-state index contributed by atoms with van der Waals surface area (Å²) in [5, 5.41) is 12.1. The molecule has 20 heavy (non-hydrogen) atoms. The van der Waals surface area contributed by atoms with Crippen LogP contribution >= 0.6 is 0 Å². The summed E-state index contributed by atoms with van der Waals surface area (Å²) in [6.07, 6.45) is 2.25. The fourth-order valence-corrected chi connectivity index (χ4v) is 2.65. The van der Waals surface area contributed by atoms with Crippen molar-refractivity contribution in [3.63, 3.8) is 0 Å². The highest BCUT2D eigenvalue weighted by atomic mass is 16.2. The molecule has 0 radical (unpaired) electrons. The van der Waals surface area contributed by atoms with Crippen molar-refractivity contribution in [1.29, 1.82) is 5.26 Å². The summed E-state index contributed by atoms with van der Waals surface area (Å²) in [5.74, 6) is 0.543. The number of benzene rings is 1. The minimum absolute atomic E-state index is 0.0628. The molecule has 2 unspecified atom stereocenters. The Morgan fingerprint density at radius 2 is 2.15 bits per heavy atom. The molecule has 1 aromatic carbocycles. The number of hydrogen-bond acceptors (Lipinski definition) is 3. The molecule has 1 heterocycles. The van der Waals surface area contributed by atoms with E-state index < -0.39 is 0 Å². The molecule has 1 amide bonds. The first-order valence-corrected chi connectivity index (χ1v) is 7.09. The summed E-state index contributed by atoms with van der Waals surface area (Å²) in [6.45, 7) is 3.63. The monoisotopic (exact) mass is 271 g/mol. The van der Waals surface area contributed by atoms with Gasteiger partial charge in [0.2, 0.25) is 5.91 Å². The van der Waals surface area contributed by atoms with Gasteiger partial charge in [0.05, 0.1) is 17.7 Å². The number of piperidine rings is 1. The Hall–Kier alpha value is -1.86. The lowest BCUT2D eigenvalue weighted by Gasteiger charge is -2.32. The van der Waals surface area contributed by atoms with Crippen molar-refractivity contribution in [2.24, 2.45) is 5.92 Å². The molecule has 0 bridgehead atoms. The third-order valence-electron chi connectivity index (χ3n) is 3.91. The number of carbonyl (C=O) groups is 1. The Kier molecular flexibility index (Phi) is 4.75. The van der Waals surface area contributed by atoms with E-state index in [-0.39, 0.29) is 11.9 Å². The maximum atomic E-state index is 12.4. The smallest absolute Gasteiger partial charge is 0.240 e. The zero-order chi connectivity index (χ0) is 14.5.